The van der Waals surface area contributed by atoms with E-state index in [1.165, 1.54) is 11.1 Å². The van der Waals surface area contributed by atoms with Crippen molar-refractivity contribution < 1.29 is 9.59 Å². The lowest BCUT2D eigenvalue weighted by Crippen LogP contribution is -2.57. The Bertz CT molecular complexity index is 850. The van der Waals surface area contributed by atoms with E-state index in [2.05, 4.69) is 12.1 Å². The van der Waals surface area contributed by atoms with Crippen LogP contribution in [0.2, 0.25) is 0 Å². The molecule has 2 amide bonds. The summed E-state index contributed by atoms with van der Waals surface area (Å²) >= 11 is 0. The van der Waals surface area contributed by atoms with Gasteiger partial charge in [0.25, 0.3) is 0 Å². The van der Waals surface area contributed by atoms with Gasteiger partial charge in [0.2, 0.25) is 11.8 Å². The number of likely N-dealkylation sites (N-methyl/N-ethyl adjacent to an activating group) is 1. The first-order chi connectivity index (χ1) is 13.1. The lowest BCUT2D eigenvalue weighted by Gasteiger charge is -2.45. The van der Waals surface area contributed by atoms with Crippen LogP contribution in [0.25, 0.3) is 0 Å². The van der Waals surface area contributed by atoms with Crippen molar-refractivity contribution in [1.29, 1.82) is 0 Å². The summed E-state index contributed by atoms with van der Waals surface area (Å²) in [5.41, 5.74) is 3.41. The number of hydrogen-bond donors (Lipinski definition) is 0. The zero-order valence-corrected chi connectivity index (χ0v) is 15.8. The van der Waals surface area contributed by atoms with Crippen molar-refractivity contribution in [3.8, 4) is 0 Å². The molecule has 2 heterocycles. The lowest BCUT2D eigenvalue weighted by atomic mass is 9.90. The van der Waals surface area contributed by atoms with E-state index in [9.17, 15) is 9.59 Å². The molecular weight excluding hydrogens is 338 g/mol. The largest absolute Gasteiger partial charge is 0.332 e. The summed E-state index contributed by atoms with van der Waals surface area (Å²) < 4.78 is 0. The van der Waals surface area contributed by atoms with Crippen molar-refractivity contribution in [2.24, 2.45) is 0 Å². The van der Waals surface area contributed by atoms with Gasteiger partial charge >= 0.3 is 0 Å². The number of carbonyl (C=O) groups is 2. The third-order valence-electron chi connectivity index (χ3n) is 5.63. The third-order valence-corrected chi connectivity index (χ3v) is 5.63. The Morgan fingerprint density at radius 2 is 1.78 bits per heavy atom. The van der Waals surface area contributed by atoms with Crippen molar-refractivity contribution in [1.82, 2.24) is 14.7 Å². The average Bonchev–Trinajstić information content (AvgIpc) is 2.68. The molecule has 5 nitrogen and oxygen atoms in total. The molecule has 5 heteroatoms. The first-order valence-electron chi connectivity index (χ1n) is 9.43. The summed E-state index contributed by atoms with van der Waals surface area (Å²) in [5, 5.41) is 0. The van der Waals surface area contributed by atoms with Gasteiger partial charge in [0.05, 0.1) is 12.6 Å². The highest BCUT2D eigenvalue weighted by Crippen LogP contribution is 2.34. The van der Waals surface area contributed by atoms with Gasteiger partial charge in [0.15, 0.2) is 0 Å². The van der Waals surface area contributed by atoms with E-state index in [1.807, 2.05) is 66.4 Å². The fourth-order valence-corrected chi connectivity index (χ4v) is 4.31. The molecule has 27 heavy (non-hydrogen) atoms. The summed E-state index contributed by atoms with van der Waals surface area (Å²) in [4.78, 5) is 31.8. The predicted molar refractivity (Wildman–Crippen MR) is 104 cm³/mol. The quantitative estimate of drug-likeness (QED) is 0.840. The maximum Gasteiger partial charge on any atom is 0.245 e. The monoisotopic (exact) mass is 363 g/mol. The zero-order chi connectivity index (χ0) is 19.0. The normalized spacial score (nSPS) is 20.3. The van der Waals surface area contributed by atoms with Crippen LogP contribution in [-0.2, 0) is 16.0 Å². The molecule has 2 aromatic rings. The molecule has 2 aromatic carbocycles. The van der Waals surface area contributed by atoms with Gasteiger partial charge in [-0.3, -0.25) is 14.5 Å². The first-order valence-corrected chi connectivity index (χ1v) is 9.43. The number of rotatable bonds is 3. The number of piperazine rings is 1. The Balaban J connectivity index is 1.63. The minimum atomic E-state index is -0.385. The lowest BCUT2D eigenvalue weighted by molar-refractivity contribution is -0.152. The van der Waals surface area contributed by atoms with Crippen molar-refractivity contribution in [3.63, 3.8) is 0 Å². The van der Waals surface area contributed by atoms with Crippen LogP contribution in [0, 0.1) is 0 Å². The molecule has 4 rings (SSSR count). The van der Waals surface area contributed by atoms with Crippen LogP contribution in [-0.4, -0.2) is 60.2 Å². The van der Waals surface area contributed by atoms with E-state index in [1.54, 1.807) is 4.90 Å². The number of amides is 2. The Labute approximate surface area is 160 Å². The van der Waals surface area contributed by atoms with E-state index in [0.29, 0.717) is 6.54 Å². The van der Waals surface area contributed by atoms with Gasteiger partial charge < -0.3 is 9.80 Å². The second-order valence-electron chi connectivity index (χ2n) is 7.55. The Hall–Kier alpha value is -2.66. The molecule has 0 aliphatic carbocycles. The summed E-state index contributed by atoms with van der Waals surface area (Å²) in [7, 11) is 3.81. The zero-order valence-electron chi connectivity index (χ0n) is 15.8. The van der Waals surface area contributed by atoms with Crippen LogP contribution in [0.15, 0.2) is 54.6 Å². The number of fused-ring (bicyclic) bond motifs is 3. The van der Waals surface area contributed by atoms with E-state index < -0.39 is 0 Å². The summed E-state index contributed by atoms with van der Waals surface area (Å²) in [5.74, 6) is 0.0296. The van der Waals surface area contributed by atoms with Crippen LogP contribution in [0.3, 0.4) is 0 Å². The minimum absolute atomic E-state index is 0.0118. The molecule has 2 aliphatic heterocycles. The summed E-state index contributed by atoms with van der Waals surface area (Å²) in [6.45, 7) is 1.45. The van der Waals surface area contributed by atoms with Crippen molar-refractivity contribution in [3.05, 3.63) is 71.3 Å². The molecule has 1 saturated heterocycles. The maximum atomic E-state index is 13.4. The predicted octanol–water partition coefficient (Wildman–Crippen LogP) is 2.26. The molecule has 0 aromatic heterocycles. The molecule has 1 fully saturated rings. The van der Waals surface area contributed by atoms with E-state index >= 15 is 0 Å². The van der Waals surface area contributed by atoms with E-state index in [4.69, 9.17) is 0 Å². The standard InChI is InChI=1S/C22H25N3O2/c1-23(2)21(17-9-4-3-5-10-17)22(27)24-14-19-18-11-7-6-8-16(18)12-13-25(19)20(26)15-24/h3-11,19,21H,12-15H2,1-2H3. The van der Waals surface area contributed by atoms with Gasteiger partial charge in [0.1, 0.15) is 6.04 Å². The molecule has 0 radical (unpaired) electrons. The molecule has 0 saturated carbocycles. The number of nitrogens with zero attached hydrogens (tertiary/aromatic N) is 3. The van der Waals surface area contributed by atoms with E-state index in [0.717, 1.165) is 18.5 Å². The Morgan fingerprint density at radius 1 is 1.07 bits per heavy atom. The van der Waals surface area contributed by atoms with Crippen molar-refractivity contribution >= 4 is 11.8 Å². The van der Waals surface area contributed by atoms with Crippen LogP contribution in [0.1, 0.15) is 28.8 Å². The molecule has 0 spiro atoms. The van der Waals surface area contributed by atoms with Crippen molar-refractivity contribution in [2.45, 2.75) is 18.5 Å². The third kappa shape index (κ3) is 3.23. The van der Waals surface area contributed by atoms with Gasteiger partial charge in [-0.1, -0.05) is 54.6 Å². The summed E-state index contributed by atoms with van der Waals surface area (Å²) in [6, 6.07) is 17.6. The minimum Gasteiger partial charge on any atom is -0.332 e. The fourth-order valence-electron chi connectivity index (χ4n) is 4.31. The fraction of sp³-hybridized carbons (Fsp3) is 0.364. The van der Waals surface area contributed by atoms with Gasteiger partial charge in [-0.2, -0.15) is 0 Å². The smallest absolute Gasteiger partial charge is 0.245 e. The topological polar surface area (TPSA) is 43.9 Å². The van der Waals surface area contributed by atoms with Crippen LogP contribution >= 0.6 is 0 Å². The maximum absolute atomic E-state index is 13.4. The number of carbonyl (C=O) groups excluding carboxylic acids is 2. The van der Waals surface area contributed by atoms with Gasteiger partial charge in [-0.05, 0) is 37.2 Å². The number of benzene rings is 2. The van der Waals surface area contributed by atoms with Gasteiger partial charge in [-0.15, -0.1) is 0 Å². The first kappa shape index (κ1) is 17.7. The Kier molecular flexibility index (Phi) is 4.70. The molecule has 0 bridgehead atoms. The highest BCUT2D eigenvalue weighted by Gasteiger charge is 2.40. The highest BCUT2D eigenvalue weighted by atomic mass is 16.2. The van der Waals surface area contributed by atoms with Gasteiger partial charge in [0, 0.05) is 13.1 Å². The SMILES string of the molecule is CN(C)C(C(=O)N1CC(=O)N2CCc3ccccc3C2C1)c1ccccc1. The van der Waals surface area contributed by atoms with Crippen LogP contribution in [0.4, 0.5) is 0 Å². The summed E-state index contributed by atoms with van der Waals surface area (Å²) in [6.07, 6.45) is 0.886. The molecular formula is C22H25N3O2. The van der Waals surface area contributed by atoms with Gasteiger partial charge in [-0.25, -0.2) is 0 Å². The molecule has 2 aliphatic rings. The second-order valence-corrected chi connectivity index (χ2v) is 7.55. The molecule has 0 N–H and O–H groups in total. The molecule has 140 valence electrons. The Morgan fingerprint density at radius 3 is 2.52 bits per heavy atom. The average molecular weight is 363 g/mol. The van der Waals surface area contributed by atoms with Crippen LogP contribution in [0.5, 0.6) is 0 Å². The molecule has 2 unspecified atom stereocenters. The van der Waals surface area contributed by atoms with Crippen molar-refractivity contribution in [2.75, 3.05) is 33.7 Å². The highest BCUT2D eigenvalue weighted by molar-refractivity contribution is 5.89. The van der Waals surface area contributed by atoms with E-state index in [-0.39, 0.29) is 30.4 Å². The second kappa shape index (κ2) is 7.16. The van der Waals surface area contributed by atoms with Crippen LogP contribution < -0.4 is 0 Å². The molecule has 2 atom stereocenters. The number of hydrogen-bond acceptors (Lipinski definition) is 3.